The van der Waals surface area contributed by atoms with E-state index in [-0.39, 0.29) is 23.0 Å². The molecule has 0 atom stereocenters. The molecule has 1 fully saturated rings. The molecule has 4 rings (SSSR count). The molecular weight excluding hydrogens is 455 g/mol. The van der Waals surface area contributed by atoms with E-state index in [0.29, 0.717) is 31.6 Å². The highest BCUT2D eigenvalue weighted by Gasteiger charge is 2.27. The van der Waals surface area contributed by atoms with Gasteiger partial charge in [0.1, 0.15) is 11.6 Å². The van der Waals surface area contributed by atoms with E-state index in [1.54, 1.807) is 24.3 Å². The van der Waals surface area contributed by atoms with Crippen molar-refractivity contribution in [3.63, 3.8) is 0 Å². The number of halogens is 1. The number of nitrogens with zero attached hydrogens (tertiary/aromatic N) is 3. The lowest BCUT2D eigenvalue weighted by Crippen LogP contribution is -2.27. The van der Waals surface area contributed by atoms with Gasteiger partial charge in [0, 0.05) is 39.0 Å². The van der Waals surface area contributed by atoms with Crippen molar-refractivity contribution in [1.29, 1.82) is 0 Å². The van der Waals surface area contributed by atoms with Crippen LogP contribution in [0.15, 0.2) is 47.4 Å². The number of nitrogens with one attached hydrogen (secondary N) is 1. The number of carbonyl (C=O) groups is 1. The Morgan fingerprint density at radius 2 is 1.85 bits per heavy atom. The normalized spacial score (nSPS) is 14.6. The number of sulfonamides is 1. The number of hydrogen-bond donors (Lipinski definition) is 1. The van der Waals surface area contributed by atoms with E-state index in [9.17, 15) is 17.6 Å². The molecule has 1 amide bonds. The Morgan fingerprint density at radius 1 is 1.12 bits per heavy atom. The summed E-state index contributed by atoms with van der Waals surface area (Å²) < 4.78 is 42.6. The van der Waals surface area contributed by atoms with Gasteiger partial charge in [-0.15, -0.1) is 0 Å². The second kappa shape index (κ2) is 10.7. The molecule has 1 aliphatic heterocycles. The summed E-state index contributed by atoms with van der Waals surface area (Å²) in [5, 5.41) is 2.86. The van der Waals surface area contributed by atoms with Crippen LogP contribution in [0.1, 0.15) is 50.4 Å². The third-order valence-electron chi connectivity index (χ3n) is 6.22. The van der Waals surface area contributed by atoms with Gasteiger partial charge < -0.3 is 9.88 Å². The van der Waals surface area contributed by atoms with E-state index in [1.165, 1.54) is 16.4 Å². The molecule has 182 valence electrons. The van der Waals surface area contributed by atoms with Gasteiger partial charge in [-0.2, -0.15) is 4.31 Å². The number of benzene rings is 2. The van der Waals surface area contributed by atoms with Gasteiger partial charge in [-0.25, -0.2) is 17.8 Å². The van der Waals surface area contributed by atoms with Gasteiger partial charge in [-0.3, -0.25) is 4.79 Å². The molecule has 0 bridgehead atoms. The molecule has 7 nitrogen and oxygen atoms in total. The Bertz CT molecular complexity index is 1250. The number of aromatic nitrogens is 2. The summed E-state index contributed by atoms with van der Waals surface area (Å²) in [5.41, 5.74) is 2.35. The Hall–Kier alpha value is -2.78. The second-order valence-electron chi connectivity index (χ2n) is 8.70. The summed E-state index contributed by atoms with van der Waals surface area (Å²) in [5.74, 6) is 0.351. The number of aryl methyl sites for hydroxylation is 2. The molecule has 34 heavy (non-hydrogen) atoms. The van der Waals surface area contributed by atoms with E-state index in [0.717, 1.165) is 49.1 Å². The van der Waals surface area contributed by atoms with Crippen molar-refractivity contribution in [1.82, 2.24) is 19.2 Å². The molecule has 0 unspecified atom stereocenters. The minimum atomic E-state index is -3.52. The molecule has 3 aromatic rings. The van der Waals surface area contributed by atoms with Gasteiger partial charge in [0.25, 0.3) is 0 Å². The Kier molecular flexibility index (Phi) is 7.63. The average molecular weight is 487 g/mol. The summed E-state index contributed by atoms with van der Waals surface area (Å²) in [6.45, 7) is 4.33. The van der Waals surface area contributed by atoms with Crippen molar-refractivity contribution in [2.75, 3.05) is 13.1 Å². The van der Waals surface area contributed by atoms with Crippen molar-refractivity contribution in [2.24, 2.45) is 0 Å². The third kappa shape index (κ3) is 5.47. The van der Waals surface area contributed by atoms with Crippen molar-refractivity contribution in [2.45, 2.75) is 63.4 Å². The van der Waals surface area contributed by atoms with Crippen molar-refractivity contribution >= 4 is 27.0 Å². The molecule has 9 heteroatoms. The fourth-order valence-electron chi connectivity index (χ4n) is 4.27. The van der Waals surface area contributed by atoms with E-state index < -0.39 is 10.0 Å². The second-order valence-corrected chi connectivity index (χ2v) is 10.6. The highest BCUT2D eigenvalue weighted by molar-refractivity contribution is 7.89. The SMILES string of the molecule is CCCCn1c(CCC(=O)NCc2ccc(F)cc2)nc2cc(S(=O)(=O)N3CCCC3)ccc21. The lowest BCUT2D eigenvalue weighted by molar-refractivity contribution is -0.121. The molecule has 1 saturated heterocycles. The topological polar surface area (TPSA) is 84.3 Å². The maximum atomic E-state index is 13.0. The molecule has 0 radical (unpaired) electrons. The van der Waals surface area contributed by atoms with Gasteiger partial charge in [0.15, 0.2) is 0 Å². The molecule has 0 aliphatic carbocycles. The van der Waals surface area contributed by atoms with Crippen LogP contribution in [0, 0.1) is 5.82 Å². The number of imidazole rings is 1. The van der Waals surface area contributed by atoms with Crippen LogP contribution in [0.4, 0.5) is 4.39 Å². The van der Waals surface area contributed by atoms with Crippen LogP contribution in [0.25, 0.3) is 11.0 Å². The minimum Gasteiger partial charge on any atom is -0.352 e. The summed E-state index contributed by atoms with van der Waals surface area (Å²) >= 11 is 0. The quantitative estimate of drug-likeness (QED) is 0.469. The van der Waals surface area contributed by atoms with Gasteiger partial charge in [0.05, 0.1) is 15.9 Å². The van der Waals surface area contributed by atoms with Gasteiger partial charge in [-0.1, -0.05) is 25.5 Å². The standard InChI is InChI=1S/C25H31FN4O3S/c1-2-3-16-30-23-11-10-21(34(32,33)29-14-4-5-15-29)17-22(23)28-24(30)12-13-25(31)27-18-19-6-8-20(26)9-7-19/h6-11,17H,2-5,12-16,18H2,1H3,(H,27,31). The zero-order valence-corrected chi connectivity index (χ0v) is 20.3. The Labute approximate surface area is 200 Å². The average Bonchev–Trinajstić information content (AvgIpc) is 3.49. The third-order valence-corrected chi connectivity index (χ3v) is 8.11. The molecule has 0 spiro atoms. The summed E-state index contributed by atoms with van der Waals surface area (Å²) in [4.78, 5) is 17.4. The van der Waals surface area contributed by atoms with E-state index in [2.05, 4.69) is 16.8 Å². The summed E-state index contributed by atoms with van der Waals surface area (Å²) in [6.07, 6.45) is 4.46. The number of amides is 1. The Morgan fingerprint density at radius 3 is 2.56 bits per heavy atom. The lowest BCUT2D eigenvalue weighted by Gasteiger charge is -2.15. The predicted molar refractivity (Wildman–Crippen MR) is 129 cm³/mol. The van der Waals surface area contributed by atoms with E-state index in [1.807, 2.05) is 6.07 Å². The number of carbonyl (C=O) groups excluding carboxylic acids is 1. The maximum absolute atomic E-state index is 13.0. The highest BCUT2D eigenvalue weighted by Crippen LogP contribution is 2.26. The molecule has 0 saturated carbocycles. The van der Waals surface area contributed by atoms with E-state index >= 15 is 0 Å². The number of unbranched alkanes of at least 4 members (excludes halogenated alkanes) is 1. The molecule has 1 aliphatic rings. The number of rotatable bonds is 10. The predicted octanol–water partition coefficient (Wildman–Crippen LogP) is 4.01. The first-order valence-electron chi connectivity index (χ1n) is 11.9. The molecule has 1 N–H and O–H groups in total. The largest absolute Gasteiger partial charge is 0.352 e. The molecule has 1 aromatic heterocycles. The van der Waals surface area contributed by atoms with Gasteiger partial charge >= 0.3 is 0 Å². The van der Waals surface area contributed by atoms with Crippen LogP contribution < -0.4 is 5.32 Å². The fraction of sp³-hybridized carbons (Fsp3) is 0.440. The minimum absolute atomic E-state index is 0.115. The smallest absolute Gasteiger partial charge is 0.243 e. The first kappa shape index (κ1) is 24.3. The zero-order valence-electron chi connectivity index (χ0n) is 19.5. The summed E-state index contributed by atoms with van der Waals surface area (Å²) in [6, 6.07) is 11.2. The maximum Gasteiger partial charge on any atom is 0.243 e. The highest BCUT2D eigenvalue weighted by atomic mass is 32.2. The molecule has 2 aromatic carbocycles. The zero-order chi connectivity index (χ0) is 24.1. The first-order chi connectivity index (χ1) is 16.4. The Balaban J connectivity index is 1.49. The van der Waals surface area contributed by atoms with Crippen LogP contribution in [-0.2, 0) is 34.3 Å². The lowest BCUT2D eigenvalue weighted by atomic mass is 10.2. The van der Waals surface area contributed by atoms with E-state index in [4.69, 9.17) is 4.98 Å². The molecular formula is C25H31FN4O3S. The van der Waals surface area contributed by atoms with Crippen molar-refractivity contribution in [3.8, 4) is 0 Å². The van der Waals surface area contributed by atoms with Crippen LogP contribution in [0.2, 0.25) is 0 Å². The first-order valence-corrected chi connectivity index (χ1v) is 13.3. The van der Waals surface area contributed by atoms with Crippen molar-refractivity contribution < 1.29 is 17.6 Å². The van der Waals surface area contributed by atoms with Gasteiger partial charge in [0.2, 0.25) is 15.9 Å². The van der Waals surface area contributed by atoms with Crippen molar-refractivity contribution in [3.05, 3.63) is 59.7 Å². The van der Waals surface area contributed by atoms with Crippen LogP contribution in [-0.4, -0.2) is 41.3 Å². The number of hydrogen-bond acceptors (Lipinski definition) is 4. The van der Waals surface area contributed by atoms with Gasteiger partial charge in [-0.05, 0) is 55.2 Å². The molecule has 2 heterocycles. The number of fused-ring (bicyclic) bond motifs is 1. The fourth-order valence-corrected chi connectivity index (χ4v) is 5.81. The van der Waals surface area contributed by atoms with Crippen LogP contribution >= 0.6 is 0 Å². The van der Waals surface area contributed by atoms with Crippen LogP contribution in [0.3, 0.4) is 0 Å². The van der Waals surface area contributed by atoms with Crippen LogP contribution in [0.5, 0.6) is 0 Å². The monoisotopic (exact) mass is 486 g/mol. The summed E-state index contributed by atoms with van der Waals surface area (Å²) in [7, 11) is -3.52.